The molecule has 8 nitrogen and oxygen atoms in total. The molecule has 0 aromatic heterocycles. The van der Waals surface area contributed by atoms with Gasteiger partial charge in [-0.1, -0.05) is 11.6 Å². The Morgan fingerprint density at radius 3 is 2.52 bits per heavy atom. The molecule has 25 heavy (non-hydrogen) atoms. The van der Waals surface area contributed by atoms with Crippen LogP contribution >= 0.6 is 11.6 Å². The van der Waals surface area contributed by atoms with E-state index in [0.717, 1.165) is 25.3 Å². The fourth-order valence-electron chi connectivity index (χ4n) is 2.26. The Kier molecular flexibility index (Phi) is 3.97. The number of esters is 2. The average molecular weight is 365 g/mol. The maximum atomic E-state index is 12.3. The van der Waals surface area contributed by atoms with Crippen molar-refractivity contribution in [2.75, 3.05) is 7.11 Å². The van der Waals surface area contributed by atoms with E-state index in [1.165, 1.54) is 0 Å². The number of methoxy groups -OCH3 is 1. The lowest BCUT2D eigenvalue weighted by Crippen LogP contribution is -2.08. The third-order valence-corrected chi connectivity index (χ3v) is 3.75. The number of halogens is 1. The number of carbonyl (C=O) groups excluding carboxylic acids is 3. The zero-order valence-corrected chi connectivity index (χ0v) is 13.3. The van der Waals surface area contributed by atoms with Crippen LogP contribution in [-0.2, 0) is 4.74 Å². The molecule has 0 unspecified atom stereocenters. The summed E-state index contributed by atoms with van der Waals surface area (Å²) in [7, 11) is 1.12. The van der Waals surface area contributed by atoms with Crippen LogP contribution in [0.5, 0.6) is 28.7 Å². The van der Waals surface area contributed by atoms with E-state index in [4.69, 9.17) is 21.1 Å². The number of phenolic OH excluding ortho intramolecular Hbond substituents is 2. The van der Waals surface area contributed by atoms with Crippen molar-refractivity contribution in [2.45, 2.75) is 0 Å². The van der Waals surface area contributed by atoms with Crippen molar-refractivity contribution < 1.29 is 38.8 Å². The molecule has 0 atom stereocenters. The molecule has 2 aromatic carbocycles. The number of hydrogen-bond donors (Lipinski definition) is 2. The van der Waals surface area contributed by atoms with Gasteiger partial charge >= 0.3 is 11.9 Å². The van der Waals surface area contributed by atoms with Gasteiger partial charge in [-0.05, 0) is 6.07 Å². The summed E-state index contributed by atoms with van der Waals surface area (Å²) in [6.45, 7) is 0. The SMILES string of the molecule is COC(=O)c1cc2c(cc1O)OC(=O)c1cc(Cl)c(O)c(C=O)c1O2. The fourth-order valence-corrected chi connectivity index (χ4v) is 2.47. The number of hydrogen-bond acceptors (Lipinski definition) is 8. The Morgan fingerprint density at radius 1 is 1.20 bits per heavy atom. The molecule has 2 aromatic rings. The van der Waals surface area contributed by atoms with Gasteiger partial charge in [0.1, 0.15) is 28.2 Å². The minimum atomic E-state index is -0.927. The highest BCUT2D eigenvalue weighted by molar-refractivity contribution is 6.33. The molecule has 0 radical (unpaired) electrons. The summed E-state index contributed by atoms with van der Waals surface area (Å²) >= 11 is 5.80. The molecule has 0 bridgehead atoms. The first-order chi connectivity index (χ1) is 11.9. The zero-order chi connectivity index (χ0) is 18.3. The summed E-state index contributed by atoms with van der Waals surface area (Å²) in [4.78, 5) is 35.2. The molecule has 0 spiro atoms. The minimum Gasteiger partial charge on any atom is -0.507 e. The van der Waals surface area contributed by atoms with Crippen molar-refractivity contribution in [1.82, 2.24) is 0 Å². The maximum Gasteiger partial charge on any atom is 0.347 e. The van der Waals surface area contributed by atoms with Crippen molar-refractivity contribution >= 4 is 29.8 Å². The molecule has 1 aliphatic rings. The fraction of sp³-hybridized carbons (Fsp3) is 0.0625. The lowest BCUT2D eigenvalue weighted by Gasteiger charge is -2.12. The van der Waals surface area contributed by atoms with E-state index in [1.807, 2.05) is 0 Å². The second-order valence-electron chi connectivity index (χ2n) is 4.91. The molecule has 9 heteroatoms. The van der Waals surface area contributed by atoms with Crippen LogP contribution in [0.15, 0.2) is 18.2 Å². The summed E-state index contributed by atoms with van der Waals surface area (Å²) in [5, 5.41) is 19.5. The third kappa shape index (κ3) is 2.62. The normalized spacial score (nSPS) is 12.2. The number of phenols is 2. The van der Waals surface area contributed by atoms with Crippen molar-refractivity contribution in [1.29, 1.82) is 0 Å². The van der Waals surface area contributed by atoms with Gasteiger partial charge in [0.25, 0.3) is 0 Å². The second-order valence-corrected chi connectivity index (χ2v) is 5.32. The van der Waals surface area contributed by atoms with Gasteiger partial charge in [0.05, 0.1) is 12.1 Å². The number of aldehydes is 1. The number of carbonyl (C=O) groups is 3. The van der Waals surface area contributed by atoms with Gasteiger partial charge in [0.15, 0.2) is 23.5 Å². The van der Waals surface area contributed by atoms with Crippen LogP contribution in [0, 0.1) is 0 Å². The summed E-state index contributed by atoms with van der Waals surface area (Å²) in [6, 6.07) is 3.15. The second kappa shape index (κ2) is 5.99. The van der Waals surface area contributed by atoms with Gasteiger partial charge in [-0.15, -0.1) is 0 Å². The molecule has 0 fully saturated rings. The summed E-state index contributed by atoms with van der Waals surface area (Å²) in [5.74, 6) is -3.47. The van der Waals surface area contributed by atoms with Crippen molar-refractivity contribution in [3.8, 4) is 28.7 Å². The quantitative estimate of drug-likeness (QED) is 0.474. The van der Waals surface area contributed by atoms with E-state index < -0.39 is 23.4 Å². The van der Waals surface area contributed by atoms with E-state index in [1.54, 1.807) is 0 Å². The molecule has 3 rings (SSSR count). The molecule has 128 valence electrons. The van der Waals surface area contributed by atoms with Crippen molar-refractivity contribution in [3.63, 3.8) is 0 Å². The van der Waals surface area contributed by atoms with E-state index in [2.05, 4.69) is 4.74 Å². The molecule has 0 aliphatic carbocycles. The Hall–Kier alpha value is -3.26. The molecular weight excluding hydrogens is 356 g/mol. The van der Waals surface area contributed by atoms with E-state index in [0.29, 0.717) is 0 Å². The van der Waals surface area contributed by atoms with Crippen LogP contribution in [0.25, 0.3) is 0 Å². The van der Waals surface area contributed by atoms with Crippen molar-refractivity contribution in [2.24, 2.45) is 0 Å². The Balaban J connectivity index is 2.25. The maximum absolute atomic E-state index is 12.3. The zero-order valence-electron chi connectivity index (χ0n) is 12.5. The Bertz CT molecular complexity index is 934. The van der Waals surface area contributed by atoms with E-state index in [-0.39, 0.29) is 45.2 Å². The average Bonchev–Trinajstić information content (AvgIpc) is 2.71. The molecule has 0 saturated heterocycles. The Labute approximate surface area is 145 Å². The first-order valence-electron chi connectivity index (χ1n) is 6.73. The van der Waals surface area contributed by atoms with Gasteiger partial charge in [-0.25, -0.2) is 9.59 Å². The largest absolute Gasteiger partial charge is 0.507 e. The molecule has 2 N–H and O–H groups in total. The highest BCUT2D eigenvalue weighted by atomic mass is 35.5. The molecule has 1 heterocycles. The topological polar surface area (TPSA) is 119 Å². The first-order valence-corrected chi connectivity index (χ1v) is 7.11. The lowest BCUT2D eigenvalue weighted by atomic mass is 10.1. The number of fused-ring (bicyclic) bond motifs is 2. The van der Waals surface area contributed by atoms with Crippen LogP contribution in [0.1, 0.15) is 31.1 Å². The van der Waals surface area contributed by atoms with Crippen LogP contribution < -0.4 is 9.47 Å². The number of ether oxygens (including phenoxy) is 3. The monoisotopic (exact) mass is 364 g/mol. The van der Waals surface area contributed by atoms with Crippen LogP contribution in [0.4, 0.5) is 0 Å². The predicted molar refractivity (Wildman–Crippen MR) is 83.0 cm³/mol. The van der Waals surface area contributed by atoms with Gasteiger partial charge in [0.2, 0.25) is 0 Å². The Morgan fingerprint density at radius 2 is 1.88 bits per heavy atom. The standard InChI is InChI=1S/C16H9ClO8/c1-23-15(21)6-3-11-12(4-10(6)19)25-16(22)7-2-9(17)13(20)8(5-18)14(7)24-11/h2-5,19-20H,1H3. The lowest BCUT2D eigenvalue weighted by molar-refractivity contribution is 0.0597. The summed E-state index contributed by atoms with van der Waals surface area (Å²) < 4.78 is 15.1. The minimum absolute atomic E-state index is 0.143. The van der Waals surface area contributed by atoms with E-state index in [9.17, 15) is 24.6 Å². The van der Waals surface area contributed by atoms with Crippen LogP contribution in [0.2, 0.25) is 5.02 Å². The highest BCUT2D eigenvalue weighted by Gasteiger charge is 2.30. The highest BCUT2D eigenvalue weighted by Crippen LogP contribution is 2.45. The molecule has 0 amide bonds. The first kappa shape index (κ1) is 16.6. The number of aromatic hydroxyl groups is 2. The van der Waals surface area contributed by atoms with Gasteiger partial charge < -0.3 is 24.4 Å². The van der Waals surface area contributed by atoms with E-state index >= 15 is 0 Å². The third-order valence-electron chi connectivity index (χ3n) is 3.46. The summed E-state index contributed by atoms with van der Waals surface area (Å²) in [6.07, 6.45) is 0.264. The number of benzene rings is 2. The molecule has 0 saturated carbocycles. The van der Waals surface area contributed by atoms with Gasteiger partial charge in [-0.2, -0.15) is 0 Å². The predicted octanol–water partition coefficient (Wildman–Crippen LogP) is 2.68. The molecular formula is C16H9ClO8. The van der Waals surface area contributed by atoms with Gasteiger partial charge in [0, 0.05) is 12.1 Å². The molecule has 1 aliphatic heterocycles. The number of rotatable bonds is 2. The van der Waals surface area contributed by atoms with Crippen LogP contribution in [-0.4, -0.2) is 35.5 Å². The van der Waals surface area contributed by atoms with Crippen molar-refractivity contribution in [3.05, 3.63) is 39.9 Å². The summed E-state index contributed by atoms with van der Waals surface area (Å²) in [5.41, 5.74) is -0.813. The van der Waals surface area contributed by atoms with Gasteiger partial charge in [-0.3, -0.25) is 4.79 Å². The smallest absolute Gasteiger partial charge is 0.347 e. The van der Waals surface area contributed by atoms with Crippen LogP contribution in [0.3, 0.4) is 0 Å².